The molecule has 0 aromatic carbocycles. The third-order valence-electron chi connectivity index (χ3n) is 12.9. The van der Waals surface area contributed by atoms with E-state index in [9.17, 15) is 19.8 Å². The number of hydrogen-bond acceptors (Lipinski definition) is 5. The molecule has 0 aliphatic heterocycles. The number of hydrogen-bond donors (Lipinski definition) is 3. The Bertz CT molecular complexity index is 1040. The molecule has 0 aliphatic carbocycles. The number of amides is 1. The van der Waals surface area contributed by atoms with Gasteiger partial charge in [-0.05, 0) is 89.9 Å². The van der Waals surface area contributed by atoms with Crippen molar-refractivity contribution in [3.8, 4) is 0 Å². The van der Waals surface area contributed by atoms with Crippen LogP contribution in [0.25, 0.3) is 0 Å². The van der Waals surface area contributed by atoms with Gasteiger partial charge >= 0.3 is 5.97 Å². The number of carbonyl (C=O) groups excluding carboxylic acids is 2. The fourth-order valence-electron chi connectivity index (χ4n) is 8.55. The molecule has 0 heterocycles. The van der Waals surface area contributed by atoms with Crippen molar-refractivity contribution >= 4 is 11.9 Å². The number of ether oxygens (including phenoxy) is 1. The summed E-state index contributed by atoms with van der Waals surface area (Å²) in [6.07, 6.45) is 65.5. The molecule has 2 unspecified atom stereocenters. The van der Waals surface area contributed by atoms with Gasteiger partial charge in [0.05, 0.1) is 25.4 Å². The first-order valence-corrected chi connectivity index (χ1v) is 28.2. The van der Waals surface area contributed by atoms with Gasteiger partial charge in [0.25, 0.3) is 0 Å². The molecule has 0 radical (unpaired) electrons. The predicted octanol–water partition coefficient (Wildman–Crippen LogP) is 17.2. The van der Waals surface area contributed by atoms with Gasteiger partial charge in [0.15, 0.2) is 0 Å². The van der Waals surface area contributed by atoms with Crippen molar-refractivity contribution in [1.82, 2.24) is 5.32 Å². The average molecular weight is 901 g/mol. The van der Waals surface area contributed by atoms with Gasteiger partial charge in [0, 0.05) is 12.8 Å². The van der Waals surface area contributed by atoms with Gasteiger partial charge in [0.1, 0.15) is 0 Å². The lowest BCUT2D eigenvalue weighted by molar-refractivity contribution is -0.143. The van der Waals surface area contributed by atoms with Gasteiger partial charge in [0.2, 0.25) is 5.91 Å². The van der Waals surface area contributed by atoms with Crippen LogP contribution >= 0.6 is 0 Å². The highest BCUT2D eigenvalue weighted by atomic mass is 16.5. The largest absolute Gasteiger partial charge is 0.466 e. The SMILES string of the molecule is CCCCC/C=C\C/C=C\CCCCCCCCCC(=O)OCCCCC/C=C\CCCCCCCC(=O)NC(CO)C(O)CCCCCCCCCCCCCCCCCCCC. The minimum atomic E-state index is -0.682. The molecule has 0 aliphatic rings. The Hall–Kier alpha value is -1.92. The minimum Gasteiger partial charge on any atom is -0.466 e. The third kappa shape index (κ3) is 49.5. The van der Waals surface area contributed by atoms with Crippen molar-refractivity contribution < 1.29 is 24.5 Å². The summed E-state index contributed by atoms with van der Waals surface area (Å²) in [7, 11) is 0. The maximum Gasteiger partial charge on any atom is 0.305 e. The first kappa shape index (κ1) is 62.1. The summed E-state index contributed by atoms with van der Waals surface area (Å²) < 4.78 is 5.45. The number of carbonyl (C=O) groups is 2. The van der Waals surface area contributed by atoms with Crippen LogP contribution in [0.2, 0.25) is 0 Å². The second-order valence-corrected chi connectivity index (χ2v) is 19.3. The van der Waals surface area contributed by atoms with E-state index in [4.69, 9.17) is 4.74 Å². The van der Waals surface area contributed by atoms with Crippen LogP contribution in [0.5, 0.6) is 0 Å². The summed E-state index contributed by atoms with van der Waals surface area (Å²) in [5.41, 5.74) is 0. The van der Waals surface area contributed by atoms with E-state index in [0.717, 1.165) is 83.5 Å². The number of aliphatic hydroxyl groups excluding tert-OH is 2. The van der Waals surface area contributed by atoms with Crippen LogP contribution in [-0.2, 0) is 14.3 Å². The van der Waals surface area contributed by atoms with Crippen LogP contribution in [0, 0.1) is 0 Å². The minimum absolute atomic E-state index is 0.0303. The molecule has 64 heavy (non-hydrogen) atoms. The predicted molar refractivity (Wildman–Crippen MR) is 278 cm³/mol. The highest BCUT2D eigenvalue weighted by Crippen LogP contribution is 2.17. The highest BCUT2D eigenvalue weighted by Gasteiger charge is 2.20. The first-order valence-electron chi connectivity index (χ1n) is 28.2. The van der Waals surface area contributed by atoms with Crippen LogP contribution in [0.15, 0.2) is 36.5 Å². The summed E-state index contributed by atoms with van der Waals surface area (Å²) in [6.45, 7) is 4.87. The van der Waals surface area contributed by atoms with E-state index in [1.54, 1.807) is 0 Å². The Morgan fingerprint density at radius 2 is 0.781 bits per heavy atom. The Balaban J connectivity index is 3.50. The second kappa shape index (κ2) is 53.7. The molecule has 376 valence electrons. The summed E-state index contributed by atoms with van der Waals surface area (Å²) >= 11 is 0. The first-order chi connectivity index (χ1) is 31.5. The number of allylic oxidation sites excluding steroid dienone is 6. The van der Waals surface area contributed by atoms with E-state index in [1.807, 2.05) is 0 Å². The molecule has 1 amide bonds. The number of nitrogens with one attached hydrogen (secondary N) is 1. The standard InChI is InChI=1S/C58H109NO5/c1-3-5-7-9-11-13-15-17-19-21-23-24-26-30-34-38-42-46-50-56(61)55(54-60)59-57(62)51-47-43-39-35-31-28-29-33-37-41-45-49-53-64-58(63)52-48-44-40-36-32-27-25-22-20-18-16-14-12-10-8-6-4-2/h12,14,18,20,29,33,55-56,60-61H,3-11,13,15-17,19,21-28,30-32,34-54H2,1-2H3,(H,59,62)/b14-12-,20-18-,33-29-. The molecule has 0 bridgehead atoms. The number of rotatable bonds is 52. The Labute approximate surface area is 398 Å². The van der Waals surface area contributed by atoms with Gasteiger partial charge in [-0.25, -0.2) is 0 Å². The van der Waals surface area contributed by atoms with Crippen LogP contribution in [-0.4, -0.2) is 47.4 Å². The molecule has 2 atom stereocenters. The van der Waals surface area contributed by atoms with E-state index in [1.165, 1.54) is 180 Å². The second-order valence-electron chi connectivity index (χ2n) is 19.3. The molecular formula is C58H109NO5. The van der Waals surface area contributed by atoms with E-state index in [-0.39, 0.29) is 18.5 Å². The molecule has 0 fully saturated rings. The molecule has 0 saturated heterocycles. The Morgan fingerprint density at radius 1 is 0.438 bits per heavy atom. The Morgan fingerprint density at radius 3 is 1.23 bits per heavy atom. The fourth-order valence-corrected chi connectivity index (χ4v) is 8.55. The summed E-state index contributed by atoms with van der Waals surface area (Å²) in [5, 5.41) is 23.3. The number of esters is 1. The number of unbranched alkanes of at least 4 members (excludes halogenated alkanes) is 35. The molecule has 6 nitrogen and oxygen atoms in total. The molecule has 0 aromatic rings. The van der Waals surface area contributed by atoms with Crippen molar-refractivity contribution in [2.45, 2.75) is 309 Å². The maximum atomic E-state index is 12.5. The average Bonchev–Trinajstić information content (AvgIpc) is 3.29. The van der Waals surface area contributed by atoms with Crippen LogP contribution in [0.4, 0.5) is 0 Å². The zero-order chi connectivity index (χ0) is 46.5. The van der Waals surface area contributed by atoms with Gasteiger partial charge in [-0.2, -0.15) is 0 Å². The number of aliphatic hydroxyl groups is 2. The zero-order valence-corrected chi connectivity index (χ0v) is 42.8. The topological polar surface area (TPSA) is 95.9 Å². The van der Waals surface area contributed by atoms with Crippen molar-refractivity contribution in [3.05, 3.63) is 36.5 Å². The zero-order valence-electron chi connectivity index (χ0n) is 42.8. The smallest absolute Gasteiger partial charge is 0.305 e. The molecule has 6 heteroatoms. The molecule has 0 rings (SSSR count). The third-order valence-corrected chi connectivity index (χ3v) is 12.9. The van der Waals surface area contributed by atoms with E-state index in [0.29, 0.717) is 25.9 Å². The molecule has 0 saturated carbocycles. The van der Waals surface area contributed by atoms with Crippen molar-refractivity contribution in [3.63, 3.8) is 0 Å². The quantitative estimate of drug-likeness (QED) is 0.0321. The van der Waals surface area contributed by atoms with Gasteiger partial charge < -0.3 is 20.3 Å². The van der Waals surface area contributed by atoms with E-state index < -0.39 is 12.1 Å². The Kier molecular flexibility index (Phi) is 52.1. The monoisotopic (exact) mass is 900 g/mol. The fraction of sp³-hybridized carbons (Fsp3) is 0.862. The summed E-state index contributed by atoms with van der Waals surface area (Å²) in [6, 6.07) is -0.562. The van der Waals surface area contributed by atoms with Gasteiger partial charge in [-0.1, -0.05) is 230 Å². The summed E-state index contributed by atoms with van der Waals surface area (Å²) in [5.74, 6) is -0.0904. The molecule has 0 aromatic heterocycles. The normalized spacial score (nSPS) is 12.9. The summed E-state index contributed by atoms with van der Waals surface area (Å²) in [4.78, 5) is 24.5. The van der Waals surface area contributed by atoms with E-state index in [2.05, 4.69) is 55.6 Å². The molecular weight excluding hydrogens is 791 g/mol. The molecule has 3 N–H and O–H groups in total. The lowest BCUT2D eigenvalue weighted by Crippen LogP contribution is -2.45. The molecule has 0 spiro atoms. The lowest BCUT2D eigenvalue weighted by Gasteiger charge is -2.22. The lowest BCUT2D eigenvalue weighted by atomic mass is 10.0. The van der Waals surface area contributed by atoms with Gasteiger partial charge in [-0.15, -0.1) is 0 Å². The highest BCUT2D eigenvalue weighted by molar-refractivity contribution is 5.76. The van der Waals surface area contributed by atoms with Crippen molar-refractivity contribution in [1.29, 1.82) is 0 Å². The van der Waals surface area contributed by atoms with Crippen LogP contribution in [0.3, 0.4) is 0 Å². The maximum absolute atomic E-state index is 12.5. The van der Waals surface area contributed by atoms with E-state index >= 15 is 0 Å². The van der Waals surface area contributed by atoms with Crippen molar-refractivity contribution in [2.24, 2.45) is 0 Å². The van der Waals surface area contributed by atoms with Crippen molar-refractivity contribution in [2.75, 3.05) is 13.2 Å². The van der Waals surface area contributed by atoms with Gasteiger partial charge in [-0.3, -0.25) is 9.59 Å². The van der Waals surface area contributed by atoms with Crippen LogP contribution in [0.1, 0.15) is 296 Å². The van der Waals surface area contributed by atoms with Crippen LogP contribution < -0.4 is 5.32 Å².